The van der Waals surface area contributed by atoms with Gasteiger partial charge in [-0.1, -0.05) is 12.1 Å². The SMILES string of the molecule is COc1ccc(C2(NC(=O)C3CC3)CC2)cc1. The lowest BCUT2D eigenvalue weighted by atomic mass is 10.0. The van der Waals surface area contributed by atoms with E-state index in [1.165, 1.54) is 5.56 Å². The number of hydrogen-bond donors (Lipinski definition) is 1. The second kappa shape index (κ2) is 3.76. The van der Waals surface area contributed by atoms with Crippen LogP contribution in [0.25, 0.3) is 0 Å². The third-order valence-electron chi connectivity index (χ3n) is 3.70. The molecule has 3 nitrogen and oxygen atoms in total. The lowest BCUT2D eigenvalue weighted by Crippen LogP contribution is -2.35. The van der Waals surface area contributed by atoms with E-state index >= 15 is 0 Å². The molecule has 0 radical (unpaired) electrons. The van der Waals surface area contributed by atoms with Crippen LogP contribution in [0.15, 0.2) is 24.3 Å². The maximum absolute atomic E-state index is 11.8. The van der Waals surface area contributed by atoms with Gasteiger partial charge in [0.2, 0.25) is 5.91 Å². The third kappa shape index (κ3) is 2.02. The fourth-order valence-corrected chi connectivity index (χ4v) is 2.20. The molecule has 3 heteroatoms. The minimum atomic E-state index is -0.0774. The Hall–Kier alpha value is -1.51. The molecule has 0 aliphatic heterocycles. The number of carbonyl (C=O) groups is 1. The molecule has 0 heterocycles. The highest BCUT2D eigenvalue weighted by atomic mass is 16.5. The standard InChI is InChI=1S/C14H17NO2/c1-17-12-6-4-11(5-7-12)14(8-9-14)15-13(16)10-2-3-10/h4-7,10H,2-3,8-9H2,1H3,(H,15,16). The van der Waals surface area contributed by atoms with Gasteiger partial charge in [0, 0.05) is 5.92 Å². The Morgan fingerprint density at radius 2 is 1.94 bits per heavy atom. The number of nitrogens with one attached hydrogen (secondary N) is 1. The van der Waals surface area contributed by atoms with Crippen LogP contribution in [0.4, 0.5) is 0 Å². The predicted molar refractivity (Wildman–Crippen MR) is 64.8 cm³/mol. The van der Waals surface area contributed by atoms with Gasteiger partial charge in [-0.15, -0.1) is 0 Å². The number of hydrogen-bond acceptors (Lipinski definition) is 2. The van der Waals surface area contributed by atoms with E-state index in [0.717, 1.165) is 31.4 Å². The first-order chi connectivity index (χ1) is 8.23. The van der Waals surface area contributed by atoms with Crippen molar-refractivity contribution in [2.45, 2.75) is 31.2 Å². The highest BCUT2D eigenvalue weighted by molar-refractivity contribution is 5.82. The zero-order valence-corrected chi connectivity index (χ0v) is 10.0. The Morgan fingerprint density at radius 1 is 1.29 bits per heavy atom. The fraction of sp³-hybridized carbons (Fsp3) is 0.500. The number of methoxy groups -OCH3 is 1. The first-order valence-corrected chi connectivity index (χ1v) is 6.20. The first kappa shape index (κ1) is 10.6. The van der Waals surface area contributed by atoms with Crippen LogP contribution in [0.2, 0.25) is 0 Å². The molecule has 0 aromatic heterocycles. The minimum Gasteiger partial charge on any atom is -0.497 e. The van der Waals surface area contributed by atoms with Gasteiger partial charge >= 0.3 is 0 Å². The van der Waals surface area contributed by atoms with Crippen molar-refractivity contribution in [3.63, 3.8) is 0 Å². The third-order valence-corrected chi connectivity index (χ3v) is 3.70. The molecule has 2 aliphatic carbocycles. The van der Waals surface area contributed by atoms with E-state index in [-0.39, 0.29) is 17.4 Å². The number of rotatable bonds is 4. The highest BCUT2D eigenvalue weighted by Gasteiger charge is 2.47. The summed E-state index contributed by atoms with van der Waals surface area (Å²) in [6.45, 7) is 0. The zero-order chi connectivity index (χ0) is 11.9. The molecule has 2 aliphatic rings. The molecule has 0 spiro atoms. The summed E-state index contributed by atoms with van der Waals surface area (Å²) < 4.78 is 5.14. The van der Waals surface area contributed by atoms with E-state index in [0.29, 0.717) is 0 Å². The molecule has 90 valence electrons. The van der Waals surface area contributed by atoms with Crippen LogP contribution in [0.3, 0.4) is 0 Å². The van der Waals surface area contributed by atoms with Crippen LogP contribution in [0.5, 0.6) is 5.75 Å². The van der Waals surface area contributed by atoms with Gasteiger partial charge in [-0.25, -0.2) is 0 Å². The molecule has 1 aromatic rings. The van der Waals surface area contributed by atoms with Gasteiger partial charge in [0.25, 0.3) is 0 Å². The molecule has 1 aromatic carbocycles. The molecule has 3 rings (SSSR count). The van der Waals surface area contributed by atoms with E-state index in [2.05, 4.69) is 17.4 Å². The fourth-order valence-electron chi connectivity index (χ4n) is 2.20. The Balaban J connectivity index is 1.74. The predicted octanol–water partition coefficient (Wildman–Crippen LogP) is 2.21. The Bertz CT molecular complexity index is 430. The van der Waals surface area contributed by atoms with Crippen molar-refractivity contribution in [3.05, 3.63) is 29.8 Å². The minimum absolute atomic E-state index is 0.0774. The summed E-state index contributed by atoms with van der Waals surface area (Å²) in [5.41, 5.74) is 1.12. The van der Waals surface area contributed by atoms with E-state index in [4.69, 9.17) is 4.74 Å². The molecule has 1 amide bonds. The largest absolute Gasteiger partial charge is 0.497 e. The highest BCUT2D eigenvalue weighted by Crippen LogP contribution is 2.46. The number of carbonyl (C=O) groups excluding carboxylic acids is 1. The van der Waals surface area contributed by atoms with Gasteiger partial charge in [0.1, 0.15) is 5.75 Å². The average molecular weight is 231 g/mol. The topological polar surface area (TPSA) is 38.3 Å². The van der Waals surface area contributed by atoms with Crippen LogP contribution in [0, 0.1) is 5.92 Å². The summed E-state index contributed by atoms with van der Waals surface area (Å²) in [5, 5.41) is 3.20. The quantitative estimate of drug-likeness (QED) is 0.862. The molecule has 2 saturated carbocycles. The van der Waals surface area contributed by atoms with Gasteiger partial charge in [-0.05, 0) is 43.4 Å². The van der Waals surface area contributed by atoms with Crippen LogP contribution in [-0.2, 0) is 10.3 Å². The maximum atomic E-state index is 11.8. The number of benzene rings is 1. The second-order valence-electron chi connectivity index (χ2n) is 5.07. The molecule has 0 atom stereocenters. The molecule has 1 N–H and O–H groups in total. The lowest BCUT2D eigenvalue weighted by molar-refractivity contribution is -0.123. The van der Waals surface area contributed by atoms with E-state index in [1.54, 1.807) is 7.11 Å². The second-order valence-corrected chi connectivity index (χ2v) is 5.07. The van der Waals surface area contributed by atoms with Crippen molar-refractivity contribution in [2.24, 2.45) is 5.92 Å². The van der Waals surface area contributed by atoms with Crippen molar-refractivity contribution in [2.75, 3.05) is 7.11 Å². The van der Waals surface area contributed by atoms with Gasteiger partial charge in [-0.2, -0.15) is 0 Å². The van der Waals surface area contributed by atoms with E-state index < -0.39 is 0 Å². The van der Waals surface area contributed by atoms with E-state index in [9.17, 15) is 4.79 Å². The molecular weight excluding hydrogens is 214 g/mol. The van der Waals surface area contributed by atoms with Gasteiger partial charge in [-0.3, -0.25) is 4.79 Å². The Kier molecular flexibility index (Phi) is 2.35. The van der Waals surface area contributed by atoms with Crippen molar-refractivity contribution in [1.29, 1.82) is 0 Å². The summed E-state index contributed by atoms with van der Waals surface area (Å²) >= 11 is 0. The Morgan fingerprint density at radius 3 is 2.41 bits per heavy atom. The summed E-state index contributed by atoms with van der Waals surface area (Å²) in [4.78, 5) is 11.8. The summed E-state index contributed by atoms with van der Waals surface area (Å²) in [5.74, 6) is 1.38. The monoisotopic (exact) mass is 231 g/mol. The summed E-state index contributed by atoms with van der Waals surface area (Å²) in [6, 6.07) is 8.02. The molecular formula is C14H17NO2. The first-order valence-electron chi connectivity index (χ1n) is 6.20. The molecule has 17 heavy (non-hydrogen) atoms. The van der Waals surface area contributed by atoms with Gasteiger partial charge in [0.05, 0.1) is 12.6 Å². The molecule has 0 unspecified atom stereocenters. The van der Waals surface area contributed by atoms with Crippen LogP contribution >= 0.6 is 0 Å². The van der Waals surface area contributed by atoms with Crippen molar-refractivity contribution in [3.8, 4) is 5.75 Å². The van der Waals surface area contributed by atoms with Crippen molar-refractivity contribution < 1.29 is 9.53 Å². The number of ether oxygens (including phenoxy) is 1. The normalized spacial score (nSPS) is 20.8. The molecule has 2 fully saturated rings. The molecule has 0 bridgehead atoms. The smallest absolute Gasteiger partial charge is 0.223 e. The summed E-state index contributed by atoms with van der Waals surface area (Å²) in [6.07, 6.45) is 4.23. The van der Waals surface area contributed by atoms with Gasteiger partial charge < -0.3 is 10.1 Å². The zero-order valence-electron chi connectivity index (χ0n) is 10.0. The lowest BCUT2D eigenvalue weighted by Gasteiger charge is -2.18. The van der Waals surface area contributed by atoms with Crippen LogP contribution in [0.1, 0.15) is 31.2 Å². The van der Waals surface area contributed by atoms with Crippen molar-refractivity contribution in [1.82, 2.24) is 5.32 Å². The maximum Gasteiger partial charge on any atom is 0.223 e. The molecule has 0 saturated heterocycles. The average Bonchev–Trinajstić information content (AvgIpc) is 3.23. The van der Waals surface area contributed by atoms with Crippen LogP contribution in [-0.4, -0.2) is 13.0 Å². The summed E-state index contributed by atoms with van der Waals surface area (Å²) in [7, 11) is 1.66. The van der Waals surface area contributed by atoms with Gasteiger partial charge in [0.15, 0.2) is 0 Å². The van der Waals surface area contributed by atoms with Crippen molar-refractivity contribution >= 4 is 5.91 Å². The number of amides is 1. The van der Waals surface area contributed by atoms with Crippen LogP contribution < -0.4 is 10.1 Å². The van der Waals surface area contributed by atoms with E-state index in [1.807, 2.05) is 12.1 Å². The Labute approximate surface area is 101 Å².